The number of nitrogens with zero attached hydrogens (tertiary/aromatic N) is 2. The fraction of sp³-hybridized carbons (Fsp3) is 0.0714. The highest BCUT2D eigenvalue weighted by Crippen LogP contribution is 2.39. The predicted molar refractivity (Wildman–Crippen MR) is 86.5 cm³/mol. The van der Waals surface area contributed by atoms with Gasteiger partial charge in [0.05, 0.1) is 16.3 Å². The molecule has 0 unspecified atom stereocenters. The van der Waals surface area contributed by atoms with Crippen LogP contribution in [-0.2, 0) is 3.92 Å². The molecule has 0 fully saturated rings. The molecule has 0 amide bonds. The van der Waals surface area contributed by atoms with Crippen LogP contribution in [0.4, 0.5) is 0 Å². The van der Waals surface area contributed by atoms with Gasteiger partial charge in [-0.15, -0.1) is 11.3 Å². The van der Waals surface area contributed by atoms with Crippen molar-refractivity contribution in [1.29, 1.82) is 0 Å². The fourth-order valence-electron chi connectivity index (χ4n) is 1.92. The Morgan fingerprint density at radius 1 is 1.00 bits per heavy atom. The number of benzene rings is 1. The lowest BCUT2D eigenvalue weighted by Crippen LogP contribution is -2.15. The molecule has 0 radical (unpaired) electrons. The second kappa shape index (κ2) is 5.41. The molecule has 3 aromatic rings. The zero-order valence-electron chi connectivity index (χ0n) is 10.1. The van der Waals surface area contributed by atoms with Crippen molar-refractivity contribution < 1.29 is 0 Å². The molecule has 0 aliphatic rings. The Hall–Kier alpha value is -1.00. The number of rotatable bonds is 2. The van der Waals surface area contributed by atoms with Crippen LogP contribution in [-0.4, -0.2) is 9.78 Å². The number of halogens is 3. The third-order valence-corrected chi connectivity index (χ3v) is 4.17. The zero-order chi connectivity index (χ0) is 14.2. The van der Waals surface area contributed by atoms with E-state index >= 15 is 0 Å². The van der Waals surface area contributed by atoms with E-state index in [1.165, 1.54) is 4.68 Å². The molecule has 0 saturated heterocycles. The quantitative estimate of drug-likeness (QED) is 0.557. The van der Waals surface area contributed by atoms with Gasteiger partial charge in [0.1, 0.15) is 0 Å². The van der Waals surface area contributed by atoms with Crippen LogP contribution in [0.15, 0.2) is 53.9 Å². The summed E-state index contributed by atoms with van der Waals surface area (Å²) in [5.41, 5.74) is 2.55. The Morgan fingerprint density at radius 2 is 1.75 bits per heavy atom. The van der Waals surface area contributed by atoms with Crippen molar-refractivity contribution in [2.75, 3.05) is 0 Å². The third kappa shape index (κ3) is 2.72. The van der Waals surface area contributed by atoms with Gasteiger partial charge in [0.2, 0.25) is 0 Å². The molecule has 3 rings (SSSR count). The van der Waals surface area contributed by atoms with Gasteiger partial charge in [-0.05, 0) is 17.5 Å². The summed E-state index contributed by atoms with van der Waals surface area (Å²) in [5, 5.41) is 6.41. The van der Waals surface area contributed by atoms with Crippen molar-refractivity contribution in [2.45, 2.75) is 3.92 Å². The van der Waals surface area contributed by atoms with E-state index in [1.807, 2.05) is 53.9 Å². The largest absolute Gasteiger partial charge is 0.287 e. The molecule has 6 heteroatoms. The van der Waals surface area contributed by atoms with Gasteiger partial charge in [0, 0.05) is 5.56 Å². The van der Waals surface area contributed by atoms with Crippen LogP contribution >= 0.6 is 46.1 Å². The summed E-state index contributed by atoms with van der Waals surface area (Å²) in [6.07, 6.45) is 0. The molecule has 0 spiro atoms. The first-order valence-electron chi connectivity index (χ1n) is 5.82. The molecule has 0 aliphatic heterocycles. The van der Waals surface area contributed by atoms with E-state index in [1.54, 1.807) is 11.3 Å². The molecular weight excluding hydrogens is 335 g/mol. The molecule has 0 aliphatic carbocycles. The van der Waals surface area contributed by atoms with Crippen LogP contribution in [0.1, 0.15) is 0 Å². The van der Waals surface area contributed by atoms with E-state index in [0.717, 1.165) is 21.8 Å². The summed E-state index contributed by atoms with van der Waals surface area (Å²) in [6, 6.07) is 15.7. The third-order valence-electron chi connectivity index (χ3n) is 2.79. The minimum atomic E-state index is -1.62. The van der Waals surface area contributed by atoms with Gasteiger partial charge in [0.25, 0.3) is 3.92 Å². The van der Waals surface area contributed by atoms with E-state index in [-0.39, 0.29) is 0 Å². The summed E-state index contributed by atoms with van der Waals surface area (Å²) in [7, 11) is 0. The number of thiophene rings is 1. The average molecular weight is 344 g/mol. The summed E-state index contributed by atoms with van der Waals surface area (Å²) >= 11 is 19.6. The average Bonchev–Trinajstić information content (AvgIpc) is 3.08. The lowest BCUT2D eigenvalue weighted by atomic mass is 10.1. The highest BCUT2D eigenvalue weighted by Gasteiger charge is 2.28. The van der Waals surface area contributed by atoms with Crippen molar-refractivity contribution in [2.24, 2.45) is 0 Å². The van der Waals surface area contributed by atoms with Crippen molar-refractivity contribution in [3.05, 3.63) is 53.9 Å². The van der Waals surface area contributed by atoms with E-state index in [2.05, 4.69) is 5.10 Å². The van der Waals surface area contributed by atoms with Gasteiger partial charge in [-0.3, -0.25) is 0 Å². The van der Waals surface area contributed by atoms with Crippen LogP contribution in [0.2, 0.25) is 0 Å². The van der Waals surface area contributed by atoms with Crippen LogP contribution in [0, 0.1) is 0 Å². The number of alkyl halides is 3. The van der Waals surface area contributed by atoms with Crippen LogP contribution < -0.4 is 0 Å². The Labute approximate surface area is 135 Å². The lowest BCUT2D eigenvalue weighted by molar-refractivity contribution is 0.685. The topological polar surface area (TPSA) is 17.8 Å². The minimum absolute atomic E-state index is 0.778. The SMILES string of the molecule is ClC(Cl)(Cl)n1nc(-c2ccccc2)cc1-c1cccs1. The van der Waals surface area contributed by atoms with Gasteiger partial charge in [-0.2, -0.15) is 5.10 Å². The molecule has 0 saturated carbocycles. The standard InChI is InChI=1S/C14H9Cl3N2S/c15-14(16,17)19-12(13-7-4-8-20-13)9-11(18-19)10-5-2-1-3-6-10/h1-9H. The molecule has 1 aromatic carbocycles. The number of hydrogen-bond acceptors (Lipinski definition) is 2. The highest BCUT2D eigenvalue weighted by atomic mass is 35.6. The Kier molecular flexibility index (Phi) is 3.78. The van der Waals surface area contributed by atoms with Crippen LogP contribution in [0.5, 0.6) is 0 Å². The molecule has 20 heavy (non-hydrogen) atoms. The van der Waals surface area contributed by atoms with Gasteiger partial charge in [0.15, 0.2) is 0 Å². The van der Waals surface area contributed by atoms with Gasteiger partial charge in [-0.1, -0.05) is 71.2 Å². The second-order valence-corrected chi connectivity index (χ2v) is 7.31. The molecule has 2 nitrogen and oxygen atoms in total. The maximum atomic E-state index is 6.02. The first-order valence-corrected chi connectivity index (χ1v) is 7.83. The molecule has 0 N–H and O–H groups in total. The molecular formula is C14H9Cl3N2S. The lowest BCUT2D eigenvalue weighted by Gasteiger charge is -2.14. The predicted octanol–water partition coefficient (Wildman–Crippen LogP) is 5.56. The highest BCUT2D eigenvalue weighted by molar-refractivity contribution is 7.13. The van der Waals surface area contributed by atoms with Crippen LogP contribution in [0.3, 0.4) is 0 Å². The number of aromatic nitrogens is 2. The maximum Gasteiger partial charge on any atom is 0.287 e. The molecule has 2 aromatic heterocycles. The van der Waals surface area contributed by atoms with Gasteiger partial charge in [-0.25, -0.2) is 4.68 Å². The van der Waals surface area contributed by atoms with Crippen molar-refractivity contribution in [3.63, 3.8) is 0 Å². The molecule has 2 heterocycles. The van der Waals surface area contributed by atoms with Gasteiger partial charge >= 0.3 is 0 Å². The monoisotopic (exact) mass is 342 g/mol. The summed E-state index contributed by atoms with van der Waals surface area (Å²) in [4.78, 5) is 1.01. The first kappa shape index (κ1) is 14.0. The minimum Gasteiger partial charge on any atom is -0.214 e. The summed E-state index contributed by atoms with van der Waals surface area (Å²) < 4.78 is -0.196. The Balaban J connectivity index is 2.17. The smallest absolute Gasteiger partial charge is 0.214 e. The second-order valence-electron chi connectivity index (χ2n) is 4.14. The Bertz CT molecular complexity index is 700. The van der Waals surface area contributed by atoms with E-state index in [9.17, 15) is 0 Å². The first-order chi connectivity index (χ1) is 9.55. The number of hydrogen-bond donors (Lipinski definition) is 0. The zero-order valence-corrected chi connectivity index (χ0v) is 13.2. The molecule has 102 valence electrons. The molecule has 0 atom stereocenters. The fourth-order valence-corrected chi connectivity index (χ4v) is 3.04. The van der Waals surface area contributed by atoms with Gasteiger partial charge < -0.3 is 0 Å². The summed E-state index contributed by atoms with van der Waals surface area (Å²) in [6.45, 7) is 0. The van der Waals surface area contributed by atoms with Crippen molar-refractivity contribution >= 4 is 46.1 Å². The summed E-state index contributed by atoms with van der Waals surface area (Å²) in [5.74, 6) is 0. The van der Waals surface area contributed by atoms with E-state index in [0.29, 0.717) is 0 Å². The molecule has 0 bridgehead atoms. The maximum absolute atomic E-state index is 6.02. The van der Waals surface area contributed by atoms with E-state index in [4.69, 9.17) is 34.8 Å². The van der Waals surface area contributed by atoms with Crippen LogP contribution in [0.25, 0.3) is 21.8 Å². The normalized spacial score (nSPS) is 11.8. The van der Waals surface area contributed by atoms with E-state index < -0.39 is 3.92 Å². The van der Waals surface area contributed by atoms with Crippen molar-refractivity contribution in [3.8, 4) is 21.8 Å². The Morgan fingerprint density at radius 3 is 2.35 bits per heavy atom. The van der Waals surface area contributed by atoms with Crippen molar-refractivity contribution in [1.82, 2.24) is 9.78 Å².